The number of aryl methyl sites for hydroxylation is 2. The van der Waals surface area contributed by atoms with E-state index < -0.39 is 10.0 Å². The molecule has 0 spiro atoms. The predicted molar refractivity (Wildman–Crippen MR) is 126 cm³/mol. The summed E-state index contributed by atoms with van der Waals surface area (Å²) < 4.78 is 44.8. The van der Waals surface area contributed by atoms with Gasteiger partial charge in [-0.3, -0.25) is 9.52 Å². The van der Waals surface area contributed by atoms with Crippen LogP contribution in [0.5, 0.6) is 11.5 Å². The molecule has 0 fully saturated rings. The molecule has 1 aromatic heterocycles. The molecule has 0 atom stereocenters. The maximum Gasteiger partial charge on any atom is 0.265 e. The Kier molecular flexibility index (Phi) is 7.07. The van der Waals surface area contributed by atoms with Crippen molar-refractivity contribution in [2.24, 2.45) is 0 Å². The van der Waals surface area contributed by atoms with E-state index in [1.807, 2.05) is 13.0 Å². The number of hydrogen-bond donors (Lipinski definition) is 2. The van der Waals surface area contributed by atoms with Crippen LogP contribution in [0, 0.1) is 13.8 Å². The Labute approximate surface area is 192 Å². The number of benzene rings is 2. The lowest BCUT2D eigenvalue weighted by molar-refractivity contribution is -0.114. The number of carbonyl (C=O) groups excluding carboxylic acids is 1. The minimum absolute atomic E-state index is 0.0495. The summed E-state index contributed by atoms with van der Waals surface area (Å²) in [4.78, 5) is 11.4. The summed E-state index contributed by atoms with van der Waals surface area (Å²) in [6.45, 7) is 4.94. The Hall–Kier alpha value is -3.79. The van der Waals surface area contributed by atoms with Crippen molar-refractivity contribution in [2.75, 3.05) is 24.3 Å². The zero-order valence-corrected chi connectivity index (χ0v) is 19.7. The van der Waals surface area contributed by atoms with Crippen LogP contribution in [0.15, 0.2) is 45.8 Å². The van der Waals surface area contributed by atoms with Crippen LogP contribution < -0.4 is 19.5 Å². The molecule has 3 aromatic rings. The molecule has 0 radical (unpaired) electrons. The van der Waals surface area contributed by atoms with Crippen LogP contribution in [0.4, 0.5) is 11.4 Å². The van der Waals surface area contributed by atoms with Gasteiger partial charge in [0, 0.05) is 6.92 Å². The van der Waals surface area contributed by atoms with E-state index in [2.05, 4.69) is 15.2 Å². The maximum absolute atomic E-state index is 13.2. The monoisotopic (exact) mass is 471 g/mol. The standard InChI is InChI=1S/C23H25N3O6S/c1-14-6-9-19(30-4)18(12-14)26-33(28,29)22-13-17(7-10-20(22)31-5)8-11-21-23(24-16(3)27)15(2)25-32-21/h6-13,26H,1-5H3,(H,24,27). The molecule has 0 aliphatic rings. The van der Waals surface area contributed by atoms with Crippen LogP contribution >= 0.6 is 0 Å². The molecule has 10 heteroatoms. The van der Waals surface area contributed by atoms with Crippen molar-refractivity contribution < 1.29 is 27.2 Å². The first kappa shape index (κ1) is 23.9. The average Bonchev–Trinajstić information content (AvgIpc) is 3.10. The summed E-state index contributed by atoms with van der Waals surface area (Å²) in [6, 6.07) is 9.92. The van der Waals surface area contributed by atoms with Crippen molar-refractivity contribution in [3.8, 4) is 11.5 Å². The minimum Gasteiger partial charge on any atom is -0.495 e. The lowest BCUT2D eigenvalue weighted by atomic mass is 10.2. The van der Waals surface area contributed by atoms with Gasteiger partial charge in [0.25, 0.3) is 10.0 Å². The highest BCUT2D eigenvalue weighted by Gasteiger charge is 2.22. The van der Waals surface area contributed by atoms with E-state index in [9.17, 15) is 13.2 Å². The summed E-state index contributed by atoms with van der Waals surface area (Å²) in [5.41, 5.74) is 2.73. The Morgan fingerprint density at radius 2 is 1.73 bits per heavy atom. The van der Waals surface area contributed by atoms with E-state index in [0.29, 0.717) is 34.1 Å². The number of sulfonamides is 1. The smallest absolute Gasteiger partial charge is 0.265 e. The van der Waals surface area contributed by atoms with Crippen molar-refractivity contribution in [2.45, 2.75) is 25.7 Å². The number of nitrogens with one attached hydrogen (secondary N) is 2. The third kappa shape index (κ3) is 5.53. The zero-order chi connectivity index (χ0) is 24.2. The molecule has 2 aromatic carbocycles. The van der Waals surface area contributed by atoms with Gasteiger partial charge < -0.3 is 19.3 Å². The summed E-state index contributed by atoms with van der Waals surface area (Å²) in [5, 5.41) is 6.53. The molecule has 0 saturated carbocycles. The average molecular weight is 472 g/mol. The largest absolute Gasteiger partial charge is 0.495 e. The van der Waals surface area contributed by atoms with Gasteiger partial charge in [0.2, 0.25) is 5.91 Å². The Bertz CT molecular complexity index is 1310. The fraction of sp³-hybridized carbons (Fsp3) is 0.217. The highest BCUT2D eigenvalue weighted by Crippen LogP contribution is 2.32. The van der Waals surface area contributed by atoms with Gasteiger partial charge in [-0.1, -0.05) is 23.4 Å². The summed E-state index contributed by atoms with van der Waals surface area (Å²) in [7, 11) is -1.15. The molecule has 9 nitrogen and oxygen atoms in total. The Morgan fingerprint density at radius 1 is 1.03 bits per heavy atom. The van der Waals surface area contributed by atoms with Gasteiger partial charge in [0.1, 0.15) is 27.8 Å². The summed E-state index contributed by atoms with van der Waals surface area (Å²) in [6.07, 6.45) is 3.25. The first-order chi connectivity index (χ1) is 15.6. The zero-order valence-electron chi connectivity index (χ0n) is 18.9. The van der Waals surface area contributed by atoms with Crippen LogP contribution in [-0.4, -0.2) is 33.7 Å². The van der Waals surface area contributed by atoms with Gasteiger partial charge in [0.05, 0.1) is 19.9 Å². The molecule has 1 amide bonds. The number of nitrogens with zero attached hydrogens (tertiary/aromatic N) is 1. The van der Waals surface area contributed by atoms with Gasteiger partial charge in [-0.05, 0) is 55.3 Å². The van der Waals surface area contributed by atoms with E-state index in [1.54, 1.807) is 43.3 Å². The third-order valence-electron chi connectivity index (χ3n) is 4.69. The molecule has 2 N–H and O–H groups in total. The van der Waals surface area contributed by atoms with Gasteiger partial charge in [-0.2, -0.15) is 0 Å². The molecule has 3 rings (SSSR count). The Morgan fingerprint density at radius 3 is 2.39 bits per heavy atom. The van der Waals surface area contributed by atoms with Crippen molar-refractivity contribution in [1.29, 1.82) is 0 Å². The highest BCUT2D eigenvalue weighted by molar-refractivity contribution is 7.92. The number of carbonyl (C=O) groups is 1. The SMILES string of the molecule is COc1ccc(C)cc1NS(=O)(=O)c1cc(C=Cc2onc(C)c2NC(C)=O)ccc1OC. The fourth-order valence-corrected chi connectivity index (χ4v) is 4.38. The van der Waals surface area contributed by atoms with Gasteiger partial charge >= 0.3 is 0 Å². The van der Waals surface area contributed by atoms with Crippen molar-refractivity contribution in [1.82, 2.24) is 5.16 Å². The van der Waals surface area contributed by atoms with E-state index in [4.69, 9.17) is 14.0 Å². The van der Waals surface area contributed by atoms with Crippen molar-refractivity contribution in [3.05, 3.63) is 59.0 Å². The van der Waals surface area contributed by atoms with Gasteiger partial charge in [0.15, 0.2) is 5.76 Å². The van der Waals surface area contributed by atoms with Gasteiger partial charge in [-0.25, -0.2) is 8.42 Å². The number of anilines is 2. The molecule has 1 heterocycles. The Balaban J connectivity index is 1.97. The van der Waals surface area contributed by atoms with Crippen molar-refractivity contribution in [3.63, 3.8) is 0 Å². The van der Waals surface area contributed by atoms with E-state index in [0.717, 1.165) is 5.56 Å². The lowest BCUT2D eigenvalue weighted by Crippen LogP contribution is -2.15. The predicted octanol–water partition coefficient (Wildman–Crippen LogP) is 4.24. The molecular weight excluding hydrogens is 446 g/mol. The first-order valence-corrected chi connectivity index (χ1v) is 11.4. The highest BCUT2D eigenvalue weighted by atomic mass is 32.2. The van der Waals surface area contributed by atoms with Crippen molar-refractivity contribution >= 4 is 39.5 Å². The molecule has 0 aliphatic heterocycles. The number of amides is 1. The van der Waals surface area contributed by atoms with Crippen LogP contribution in [0.3, 0.4) is 0 Å². The molecule has 0 aliphatic carbocycles. The van der Waals surface area contributed by atoms with Crippen LogP contribution in [0.25, 0.3) is 12.2 Å². The minimum atomic E-state index is -4.01. The molecular formula is C23H25N3O6S. The van der Waals surface area contributed by atoms with Crippen LogP contribution in [0.1, 0.15) is 29.5 Å². The third-order valence-corrected chi connectivity index (χ3v) is 6.08. The van der Waals surface area contributed by atoms with Gasteiger partial charge in [-0.15, -0.1) is 0 Å². The number of hydrogen-bond acceptors (Lipinski definition) is 7. The second kappa shape index (κ2) is 9.78. The van der Waals surface area contributed by atoms with E-state index in [-0.39, 0.29) is 16.6 Å². The second-order valence-electron chi connectivity index (χ2n) is 7.24. The molecule has 0 unspecified atom stereocenters. The molecule has 33 heavy (non-hydrogen) atoms. The molecule has 0 bridgehead atoms. The summed E-state index contributed by atoms with van der Waals surface area (Å²) in [5.74, 6) is 0.656. The topological polar surface area (TPSA) is 120 Å². The number of aromatic nitrogens is 1. The first-order valence-electron chi connectivity index (χ1n) is 9.92. The maximum atomic E-state index is 13.2. The van der Waals surface area contributed by atoms with Crippen LogP contribution in [-0.2, 0) is 14.8 Å². The van der Waals surface area contributed by atoms with Crippen LogP contribution in [0.2, 0.25) is 0 Å². The molecule has 174 valence electrons. The van der Waals surface area contributed by atoms with E-state index >= 15 is 0 Å². The molecule has 0 saturated heterocycles. The normalized spacial score (nSPS) is 11.4. The van der Waals surface area contributed by atoms with E-state index in [1.165, 1.54) is 27.2 Å². The number of ether oxygens (including phenoxy) is 2. The number of methoxy groups -OCH3 is 2. The second-order valence-corrected chi connectivity index (χ2v) is 8.89. The summed E-state index contributed by atoms with van der Waals surface area (Å²) >= 11 is 0. The fourth-order valence-electron chi connectivity index (χ4n) is 3.11. The number of rotatable bonds is 8. The lowest BCUT2D eigenvalue weighted by Gasteiger charge is -2.15. The quantitative estimate of drug-likeness (QED) is 0.504.